The highest BCUT2D eigenvalue weighted by Gasteiger charge is 2.22. The van der Waals surface area contributed by atoms with Crippen LogP contribution in [-0.2, 0) is 0 Å². The SMILES string of the molecule is Bc1c(B)c(B)c(-c2ccc3c(c2)oc2cccc(-c4c5ccccc5c(-c5ccccc5)c5cc(-c6ccccc6)ccc45)c23)c(B)c1B. The molecule has 9 rings (SSSR count). The average Bonchev–Trinajstić information content (AvgIpc) is 3.54. The first kappa shape index (κ1) is 30.5. The second kappa shape index (κ2) is 11.8. The third-order valence-electron chi connectivity index (χ3n) is 11.2. The van der Waals surface area contributed by atoms with Crippen LogP contribution in [-0.4, -0.2) is 39.2 Å². The van der Waals surface area contributed by atoms with Crippen molar-refractivity contribution in [3.63, 3.8) is 0 Å². The lowest BCUT2D eigenvalue weighted by Gasteiger charge is -2.20. The van der Waals surface area contributed by atoms with E-state index in [0.717, 1.165) is 21.9 Å². The van der Waals surface area contributed by atoms with Gasteiger partial charge in [-0.2, -0.15) is 0 Å². The Labute approximate surface area is 297 Å². The summed E-state index contributed by atoms with van der Waals surface area (Å²) in [5.41, 5.74) is 18.5. The summed E-state index contributed by atoms with van der Waals surface area (Å²) in [6.07, 6.45) is 0. The van der Waals surface area contributed by atoms with Crippen molar-refractivity contribution >= 4 is 110 Å². The first-order chi connectivity index (χ1) is 24.4. The van der Waals surface area contributed by atoms with Crippen molar-refractivity contribution in [3.05, 3.63) is 140 Å². The molecule has 230 valence electrons. The molecule has 0 saturated carbocycles. The van der Waals surface area contributed by atoms with Crippen LogP contribution < -0.4 is 27.3 Å². The van der Waals surface area contributed by atoms with Crippen molar-refractivity contribution < 1.29 is 4.42 Å². The Balaban J connectivity index is 1.36. The van der Waals surface area contributed by atoms with E-state index < -0.39 is 0 Å². The Hall–Kier alpha value is -5.60. The van der Waals surface area contributed by atoms with E-state index >= 15 is 0 Å². The van der Waals surface area contributed by atoms with Crippen molar-refractivity contribution in [3.8, 4) is 44.5 Å². The van der Waals surface area contributed by atoms with E-state index in [4.69, 9.17) is 4.42 Å². The summed E-state index contributed by atoms with van der Waals surface area (Å²) < 4.78 is 6.73. The van der Waals surface area contributed by atoms with Crippen LogP contribution in [0.15, 0.2) is 144 Å². The predicted molar refractivity (Wildman–Crippen MR) is 231 cm³/mol. The van der Waals surface area contributed by atoms with Crippen LogP contribution in [0.4, 0.5) is 0 Å². The molecule has 9 aromatic rings. The molecule has 0 spiro atoms. The van der Waals surface area contributed by atoms with Gasteiger partial charge in [-0.1, -0.05) is 126 Å². The summed E-state index contributed by atoms with van der Waals surface area (Å²) in [5.74, 6) is 0. The highest BCUT2D eigenvalue weighted by Crippen LogP contribution is 2.47. The van der Waals surface area contributed by atoms with Crippen molar-refractivity contribution in [1.29, 1.82) is 0 Å². The maximum Gasteiger partial charge on any atom is 0.139 e. The van der Waals surface area contributed by atoms with Gasteiger partial charge >= 0.3 is 0 Å². The Morgan fingerprint density at radius 1 is 0.320 bits per heavy atom. The van der Waals surface area contributed by atoms with Gasteiger partial charge in [-0.15, -0.1) is 16.4 Å². The molecular formula is C44H33B5O. The van der Waals surface area contributed by atoms with E-state index in [1.165, 1.54) is 93.4 Å². The van der Waals surface area contributed by atoms with Crippen LogP contribution in [0.3, 0.4) is 0 Å². The molecule has 0 aliphatic heterocycles. The summed E-state index contributed by atoms with van der Waals surface area (Å²) in [7, 11) is 11.2. The average molecular weight is 632 g/mol. The standard InChI is InChI=1S/C44H33B5O/c45-40-37(41(46)43(48)44(49)42(40)47)27-19-21-31-35(23-27)50-34-17-9-16-32(39(31)34)38-29-15-8-7-14-28(29)36(25-12-5-2-6-13-25)33-22-26(18-20-30(33)38)24-10-3-1-4-11-24/h1-23H,45-49H2. The number of hydrogen-bond donors (Lipinski definition) is 0. The Kier molecular flexibility index (Phi) is 7.18. The molecule has 50 heavy (non-hydrogen) atoms. The second-order valence-corrected chi connectivity index (χ2v) is 13.8. The van der Waals surface area contributed by atoms with E-state index in [2.05, 4.69) is 179 Å². The molecule has 0 aliphatic carbocycles. The summed E-state index contributed by atoms with van der Waals surface area (Å²) >= 11 is 0. The zero-order chi connectivity index (χ0) is 34.1. The smallest absolute Gasteiger partial charge is 0.139 e. The van der Waals surface area contributed by atoms with Gasteiger partial charge < -0.3 is 4.42 Å². The van der Waals surface area contributed by atoms with Crippen molar-refractivity contribution in [2.45, 2.75) is 0 Å². The molecular weight excluding hydrogens is 599 g/mol. The summed E-state index contributed by atoms with van der Waals surface area (Å²) in [5, 5.41) is 7.26. The molecule has 0 bridgehead atoms. The fourth-order valence-corrected chi connectivity index (χ4v) is 8.32. The maximum absolute atomic E-state index is 6.73. The lowest BCUT2D eigenvalue weighted by atomic mass is 9.59. The lowest BCUT2D eigenvalue weighted by molar-refractivity contribution is 0.669. The zero-order valence-electron chi connectivity index (χ0n) is 29.2. The molecule has 6 heteroatoms. The third kappa shape index (κ3) is 4.62. The number of benzene rings is 8. The van der Waals surface area contributed by atoms with Gasteiger partial charge in [0.1, 0.15) is 50.4 Å². The van der Waals surface area contributed by atoms with Crippen LogP contribution in [0.25, 0.3) is 88.0 Å². The zero-order valence-corrected chi connectivity index (χ0v) is 29.2. The van der Waals surface area contributed by atoms with Crippen molar-refractivity contribution in [1.82, 2.24) is 0 Å². The maximum atomic E-state index is 6.73. The largest absolute Gasteiger partial charge is 0.456 e. The van der Waals surface area contributed by atoms with Crippen LogP contribution >= 0.6 is 0 Å². The van der Waals surface area contributed by atoms with E-state index in [0.29, 0.717) is 0 Å². The number of fused-ring (bicyclic) bond motifs is 5. The van der Waals surface area contributed by atoms with Gasteiger partial charge in [-0.25, -0.2) is 0 Å². The van der Waals surface area contributed by atoms with Gasteiger partial charge in [-0.3, -0.25) is 0 Å². The monoisotopic (exact) mass is 632 g/mol. The van der Waals surface area contributed by atoms with Crippen LogP contribution in [0.2, 0.25) is 0 Å². The highest BCUT2D eigenvalue weighted by molar-refractivity contribution is 6.68. The lowest BCUT2D eigenvalue weighted by Crippen LogP contribution is -2.55. The van der Waals surface area contributed by atoms with Crippen LogP contribution in [0.1, 0.15) is 0 Å². The minimum Gasteiger partial charge on any atom is -0.456 e. The molecule has 1 heterocycles. The van der Waals surface area contributed by atoms with Gasteiger partial charge in [-0.05, 0) is 90.3 Å². The van der Waals surface area contributed by atoms with Crippen LogP contribution in [0.5, 0.6) is 0 Å². The Bertz CT molecular complexity index is 2780. The quantitative estimate of drug-likeness (QED) is 0.213. The minimum atomic E-state index is 0.907. The van der Waals surface area contributed by atoms with Gasteiger partial charge in [0.15, 0.2) is 0 Å². The Morgan fingerprint density at radius 2 is 0.880 bits per heavy atom. The first-order valence-electron chi connectivity index (χ1n) is 17.5. The molecule has 0 N–H and O–H groups in total. The van der Waals surface area contributed by atoms with Crippen molar-refractivity contribution in [2.24, 2.45) is 0 Å². The summed E-state index contributed by atoms with van der Waals surface area (Å²) in [6.45, 7) is 0. The molecule has 0 aliphatic rings. The highest BCUT2D eigenvalue weighted by atomic mass is 16.3. The molecule has 1 nitrogen and oxygen atoms in total. The van der Waals surface area contributed by atoms with Gasteiger partial charge in [0.25, 0.3) is 0 Å². The molecule has 0 fully saturated rings. The Morgan fingerprint density at radius 3 is 1.58 bits per heavy atom. The molecule has 0 saturated heterocycles. The van der Waals surface area contributed by atoms with E-state index in [9.17, 15) is 0 Å². The number of furan rings is 1. The van der Waals surface area contributed by atoms with E-state index in [1.807, 2.05) is 0 Å². The molecule has 0 unspecified atom stereocenters. The fraction of sp³-hybridized carbons (Fsp3) is 0. The van der Waals surface area contributed by atoms with Gasteiger partial charge in [0, 0.05) is 10.8 Å². The molecule has 0 atom stereocenters. The molecule has 0 radical (unpaired) electrons. The van der Waals surface area contributed by atoms with Crippen LogP contribution in [0, 0.1) is 0 Å². The topological polar surface area (TPSA) is 13.1 Å². The van der Waals surface area contributed by atoms with Gasteiger partial charge in [0.05, 0.1) is 0 Å². The van der Waals surface area contributed by atoms with E-state index in [1.54, 1.807) is 0 Å². The van der Waals surface area contributed by atoms with E-state index in [-0.39, 0.29) is 0 Å². The molecule has 0 amide bonds. The predicted octanol–water partition coefficient (Wildman–Crippen LogP) is 3.85. The normalized spacial score (nSPS) is 11.6. The third-order valence-corrected chi connectivity index (χ3v) is 11.2. The summed E-state index contributed by atoms with van der Waals surface area (Å²) in [4.78, 5) is 0. The molecule has 1 aromatic heterocycles. The minimum absolute atomic E-state index is 0.907. The number of hydrogen-bond acceptors (Lipinski definition) is 1. The first-order valence-corrected chi connectivity index (χ1v) is 17.5. The van der Waals surface area contributed by atoms with Crippen molar-refractivity contribution in [2.75, 3.05) is 0 Å². The van der Waals surface area contributed by atoms with Gasteiger partial charge in [0.2, 0.25) is 0 Å². The summed E-state index contributed by atoms with van der Waals surface area (Å²) in [6, 6.07) is 50.8. The number of rotatable bonds is 4. The fourth-order valence-electron chi connectivity index (χ4n) is 8.32. The molecule has 8 aromatic carbocycles. The second-order valence-electron chi connectivity index (χ2n) is 13.8.